The maximum Gasteiger partial charge on any atom is 0.435 e. The van der Waals surface area contributed by atoms with Crippen LogP contribution in [0.5, 0.6) is 5.75 Å². The predicted octanol–water partition coefficient (Wildman–Crippen LogP) is 2.79. The standard InChI is InChI=1S/C13H11F3N2O2/c1-20-11-5-3-2-4-9(11)10(19)8-18-7-6-12(17-18)13(14,15)16/h2-7H,8H2,1H3. The molecule has 1 heterocycles. The molecule has 0 saturated carbocycles. The van der Waals surface area contributed by atoms with E-state index >= 15 is 0 Å². The number of para-hydroxylation sites is 1. The quantitative estimate of drug-likeness (QED) is 0.811. The van der Waals surface area contributed by atoms with E-state index < -0.39 is 11.9 Å². The second-order valence-electron chi connectivity index (χ2n) is 4.02. The first-order valence-corrected chi connectivity index (χ1v) is 5.68. The molecule has 106 valence electrons. The van der Waals surface area contributed by atoms with Crippen LogP contribution in [0.2, 0.25) is 0 Å². The summed E-state index contributed by atoms with van der Waals surface area (Å²) in [6.07, 6.45) is -3.39. The van der Waals surface area contributed by atoms with E-state index in [1.165, 1.54) is 7.11 Å². The number of benzene rings is 1. The Bertz CT molecular complexity index is 620. The molecular weight excluding hydrogens is 273 g/mol. The van der Waals surface area contributed by atoms with Gasteiger partial charge in [-0.25, -0.2) is 0 Å². The van der Waals surface area contributed by atoms with E-state index in [2.05, 4.69) is 5.10 Å². The molecule has 0 saturated heterocycles. The molecule has 0 unspecified atom stereocenters. The van der Waals surface area contributed by atoms with E-state index in [1.54, 1.807) is 24.3 Å². The monoisotopic (exact) mass is 284 g/mol. The summed E-state index contributed by atoms with van der Waals surface area (Å²) in [5.41, 5.74) is -0.718. The highest BCUT2D eigenvalue weighted by molar-refractivity contribution is 5.98. The molecule has 2 aromatic rings. The summed E-state index contributed by atoms with van der Waals surface area (Å²) in [7, 11) is 1.42. The average molecular weight is 284 g/mol. The topological polar surface area (TPSA) is 44.1 Å². The molecule has 2 rings (SSSR count). The van der Waals surface area contributed by atoms with Crippen LogP contribution in [0, 0.1) is 0 Å². The molecule has 20 heavy (non-hydrogen) atoms. The van der Waals surface area contributed by atoms with E-state index in [1.807, 2.05) is 0 Å². The number of hydrogen-bond donors (Lipinski definition) is 0. The maximum absolute atomic E-state index is 12.4. The zero-order valence-electron chi connectivity index (χ0n) is 10.5. The first kappa shape index (κ1) is 14.1. The molecule has 0 fully saturated rings. The highest BCUT2D eigenvalue weighted by atomic mass is 19.4. The van der Waals surface area contributed by atoms with E-state index in [-0.39, 0.29) is 12.3 Å². The molecule has 0 amide bonds. The highest BCUT2D eigenvalue weighted by Gasteiger charge is 2.33. The van der Waals surface area contributed by atoms with Gasteiger partial charge in [0.1, 0.15) is 12.3 Å². The molecule has 0 bridgehead atoms. The number of ether oxygens (including phenoxy) is 1. The summed E-state index contributed by atoms with van der Waals surface area (Å²) in [6.45, 7) is -0.281. The lowest BCUT2D eigenvalue weighted by Gasteiger charge is -2.07. The fourth-order valence-electron chi connectivity index (χ4n) is 1.71. The minimum absolute atomic E-state index is 0.281. The fourth-order valence-corrected chi connectivity index (χ4v) is 1.71. The van der Waals surface area contributed by atoms with Crippen LogP contribution in [0.15, 0.2) is 36.5 Å². The number of rotatable bonds is 4. The number of ketones is 1. The molecule has 0 N–H and O–H groups in total. The second kappa shape index (κ2) is 5.36. The zero-order chi connectivity index (χ0) is 14.8. The van der Waals surface area contributed by atoms with Gasteiger partial charge in [0.05, 0.1) is 12.7 Å². The molecule has 1 aromatic heterocycles. The first-order valence-electron chi connectivity index (χ1n) is 5.68. The predicted molar refractivity (Wildman–Crippen MR) is 64.6 cm³/mol. The Kier molecular flexibility index (Phi) is 3.78. The number of halogens is 3. The highest BCUT2D eigenvalue weighted by Crippen LogP contribution is 2.27. The van der Waals surface area contributed by atoms with Gasteiger partial charge in [-0.3, -0.25) is 9.48 Å². The second-order valence-corrected chi connectivity index (χ2v) is 4.02. The Labute approximate surface area is 112 Å². The number of alkyl halides is 3. The molecule has 0 radical (unpaired) electrons. The Morgan fingerprint density at radius 3 is 2.60 bits per heavy atom. The normalized spacial score (nSPS) is 11.4. The summed E-state index contributed by atoms with van der Waals surface area (Å²) in [4.78, 5) is 12.0. The number of carbonyl (C=O) groups is 1. The Balaban J connectivity index is 2.18. The van der Waals surface area contributed by atoms with Crippen molar-refractivity contribution in [2.24, 2.45) is 0 Å². The number of Topliss-reactive ketones (excluding diaryl/α,β-unsaturated/α-hetero) is 1. The van der Waals surface area contributed by atoms with Crippen molar-refractivity contribution in [3.05, 3.63) is 47.8 Å². The van der Waals surface area contributed by atoms with Gasteiger partial charge < -0.3 is 4.74 Å². The van der Waals surface area contributed by atoms with Gasteiger partial charge in [-0.1, -0.05) is 12.1 Å². The number of nitrogens with zero attached hydrogens (tertiary/aromatic N) is 2. The fraction of sp³-hybridized carbons (Fsp3) is 0.231. The zero-order valence-corrected chi connectivity index (χ0v) is 10.5. The van der Waals surface area contributed by atoms with Crippen LogP contribution >= 0.6 is 0 Å². The van der Waals surface area contributed by atoms with Crippen LogP contribution in [-0.2, 0) is 12.7 Å². The Morgan fingerprint density at radius 1 is 1.30 bits per heavy atom. The van der Waals surface area contributed by atoms with Crippen molar-refractivity contribution in [2.75, 3.05) is 7.11 Å². The van der Waals surface area contributed by atoms with Gasteiger partial charge in [0.2, 0.25) is 0 Å². The van der Waals surface area contributed by atoms with Crippen LogP contribution in [-0.4, -0.2) is 22.7 Å². The first-order chi connectivity index (χ1) is 9.41. The van der Waals surface area contributed by atoms with Crippen LogP contribution in [0.4, 0.5) is 13.2 Å². The van der Waals surface area contributed by atoms with E-state index in [0.717, 1.165) is 16.9 Å². The lowest BCUT2D eigenvalue weighted by molar-refractivity contribution is -0.141. The molecule has 0 aliphatic heterocycles. The summed E-state index contributed by atoms with van der Waals surface area (Å²) in [5, 5.41) is 3.33. The molecule has 0 atom stereocenters. The third-order valence-electron chi connectivity index (χ3n) is 2.64. The minimum atomic E-state index is -4.52. The van der Waals surface area contributed by atoms with Gasteiger partial charge in [-0.15, -0.1) is 0 Å². The SMILES string of the molecule is COc1ccccc1C(=O)Cn1ccc(C(F)(F)F)n1. The molecule has 0 aliphatic carbocycles. The van der Waals surface area contributed by atoms with E-state index in [0.29, 0.717) is 11.3 Å². The van der Waals surface area contributed by atoms with Crippen molar-refractivity contribution in [3.8, 4) is 5.75 Å². The summed E-state index contributed by atoms with van der Waals surface area (Å²) in [5.74, 6) is -0.0000227. The van der Waals surface area contributed by atoms with Crippen LogP contribution in [0.25, 0.3) is 0 Å². The number of methoxy groups -OCH3 is 1. The van der Waals surface area contributed by atoms with Gasteiger partial charge in [-0.2, -0.15) is 18.3 Å². The van der Waals surface area contributed by atoms with Gasteiger partial charge in [0.15, 0.2) is 11.5 Å². The van der Waals surface area contributed by atoms with Crippen molar-refractivity contribution in [2.45, 2.75) is 12.7 Å². The van der Waals surface area contributed by atoms with Crippen molar-refractivity contribution in [3.63, 3.8) is 0 Å². The van der Waals surface area contributed by atoms with Gasteiger partial charge in [0, 0.05) is 6.20 Å². The number of hydrogen-bond acceptors (Lipinski definition) is 3. The van der Waals surface area contributed by atoms with Gasteiger partial charge in [0.25, 0.3) is 0 Å². The molecule has 4 nitrogen and oxygen atoms in total. The maximum atomic E-state index is 12.4. The molecular formula is C13H11F3N2O2. The van der Waals surface area contributed by atoms with E-state index in [4.69, 9.17) is 4.74 Å². The van der Waals surface area contributed by atoms with Crippen molar-refractivity contribution in [1.29, 1.82) is 0 Å². The van der Waals surface area contributed by atoms with Crippen LogP contribution < -0.4 is 4.74 Å². The summed E-state index contributed by atoms with van der Waals surface area (Å²) < 4.78 is 43.2. The van der Waals surface area contributed by atoms with Crippen molar-refractivity contribution in [1.82, 2.24) is 9.78 Å². The lowest BCUT2D eigenvalue weighted by atomic mass is 10.1. The molecule has 0 spiro atoms. The van der Waals surface area contributed by atoms with Crippen LogP contribution in [0.1, 0.15) is 16.1 Å². The third-order valence-corrected chi connectivity index (χ3v) is 2.64. The average Bonchev–Trinajstić information content (AvgIpc) is 2.87. The van der Waals surface area contributed by atoms with Gasteiger partial charge >= 0.3 is 6.18 Å². The molecule has 7 heteroatoms. The number of aromatic nitrogens is 2. The Morgan fingerprint density at radius 2 is 2.00 bits per heavy atom. The third kappa shape index (κ3) is 2.98. The number of carbonyl (C=O) groups excluding carboxylic acids is 1. The van der Waals surface area contributed by atoms with Gasteiger partial charge in [-0.05, 0) is 18.2 Å². The minimum Gasteiger partial charge on any atom is -0.496 e. The van der Waals surface area contributed by atoms with Crippen molar-refractivity contribution < 1.29 is 22.7 Å². The van der Waals surface area contributed by atoms with Crippen molar-refractivity contribution >= 4 is 5.78 Å². The lowest BCUT2D eigenvalue weighted by Crippen LogP contribution is -2.14. The molecule has 0 aliphatic rings. The van der Waals surface area contributed by atoms with E-state index in [9.17, 15) is 18.0 Å². The van der Waals surface area contributed by atoms with Crippen LogP contribution in [0.3, 0.4) is 0 Å². The largest absolute Gasteiger partial charge is 0.496 e. The smallest absolute Gasteiger partial charge is 0.435 e. The molecule has 1 aromatic carbocycles. The summed E-state index contributed by atoms with van der Waals surface area (Å²) >= 11 is 0. The summed E-state index contributed by atoms with van der Waals surface area (Å²) in [6, 6.07) is 7.34. The Hall–Kier alpha value is -2.31.